The molecule has 1 aliphatic rings. The molecule has 0 saturated carbocycles. The van der Waals surface area contributed by atoms with Gasteiger partial charge in [0.1, 0.15) is 0 Å². The molecule has 0 spiro atoms. The zero-order chi connectivity index (χ0) is 23.7. The van der Waals surface area contributed by atoms with Gasteiger partial charge in [0.25, 0.3) is 5.91 Å². The number of rotatable bonds is 5. The van der Waals surface area contributed by atoms with Crippen LogP contribution in [-0.2, 0) is 0 Å². The number of carbonyl (C=O) groups is 1. The second-order valence-electron chi connectivity index (χ2n) is 9.10. The second-order valence-corrected chi connectivity index (χ2v) is 9.10. The number of nitrogens with zero attached hydrogens (tertiary/aromatic N) is 5. The molecule has 2 aromatic heterocycles. The van der Waals surface area contributed by atoms with Crippen molar-refractivity contribution >= 4 is 28.3 Å². The van der Waals surface area contributed by atoms with Crippen LogP contribution in [0.2, 0.25) is 0 Å². The lowest BCUT2D eigenvalue weighted by Crippen LogP contribution is -2.44. The molecule has 174 valence electrons. The molecular weight excluding hydrogens is 424 g/mol. The highest BCUT2D eigenvalue weighted by molar-refractivity contribution is 6.13. The Bertz CT molecular complexity index is 1310. The van der Waals surface area contributed by atoms with Crippen molar-refractivity contribution in [2.45, 2.75) is 19.9 Å². The molecule has 5 rings (SSSR count). The molecule has 4 aromatic rings. The van der Waals surface area contributed by atoms with Crippen molar-refractivity contribution in [1.29, 1.82) is 0 Å². The van der Waals surface area contributed by atoms with E-state index in [-0.39, 0.29) is 11.9 Å². The van der Waals surface area contributed by atoms with Gasteiger partial charge in [0.05, 0.1) is 34.2 Å². The summed E-state index contributed by atoms with van der Waals surface area (Å²) in [5.74, 6) is -0.158. The number of benzene rings is 2. The maximum absolute atomic E-state index is 13.7. The number of fused-ring (bicyclic) bond motifs is 1. The first-order valence-electron chi connectivity index (χ1n) is 11.8. The summed E-state index contributed by atoms with van der Waals surface area (Å²) >= 11 is 0. The van der Waals surface area contributed by atoms with Gasteiger partial charge in [0.15, 0.2) is 5.65 Å². The minimum Gasteiger partial charge on any atom is -0.367 e. The Morgan fingerprint density at radius 2 is 1.68 bits per heavy atom. The number of pyridine rings is 1. The largest absolute Gasteiger partial charge is 0.367 e. The summed E-state index contributed by atoms with van der Waals surface area (Å²) in [6, 6.07) is 20.0. The molecule has 0 radical (unpaired) electrons. The van der Waals surface area contributed by atoms with E-state index in [1.807, 2.05) is 59.3 Å². The van der Waals surface area contributed by atoms with E-state index in [0.717, 1.165) is 54.2 Å². The van der Waals surface area contributed by atoms with E-state index in [4.69, 9.17) is 4.98 Å². The van der Waals surface area contributed by atoms with Crippen molar-refractivity contribution in [3.63, 3.8) is 0 Å². The molecule has 0 bridgehead atoms. The standard InChI is InChI=1S/C27H30N6O/c1-19(2)33-26-22(18-28-33)21(17-24(29-26)20-9-5-4-6-10-20)27(34)30-23-11-7-8-12-25(23)32-15-13-31(3)14-16-32/h4-12,17-19H,13-16H2,1-3H3,(H,30,34). The van der Waals surface area contributed by atoms with Crippen LogP contribution in [0.1, 0.15) is 30.2 Å². The third-order valence-electron chi connectivity index (χ3n) is 6.37. The van der Waals surface area contributed by atoms with Crippen molar-refractivity contribution in [2.75, 3.05) is 43.4 Å². The lowest BCUT2D eigenvalue weighted by Gasteiger charge is -2.35. The van der Waals surface area contributed by atoms with Crippen molar-refractivity contribution in [1.82, 2.24) is 19.7 Å². The molecule has 34 heavy (non-hydrogen) atoms. The van der Waals surface area contributed by atoms with Crippen LogP contribution in [0.4, 0.5) is 11.4 Å². The predicted molar refractivity (Wildman–Crippen MR) is 137 cm³/mol. The van der Waals surface area contributed by atoms with E-state index in [9.17, 15) is 4.79 Å². The number of aromatic nitrogens is 3. The quantitative estimate of drug-likeness (QED) is 0.474. The van der Waals surface area contributed by atoms with E-state index in [1.54, 1.807) is 6.20 Å². The summed E-state index contributed by atoms with van der Waals surface area (Å²) in [4.78, 5) is 23.2. The van der Waals surface area contributed by atoms with Gasteiger partial charge < -0.3 is 15.1 Å². The van der Waals surface area contributed by atoms with Crippen LogP contribution in [0.3, 0.4) is 0 Å². The second kappa shape index (κ2) is 9.27. The minimum atomic E-state index is -0.158. The highest BCUT2D eigenvalue weighted by Crippen LogP contribution is 2.30. The zero-order valence-electron chi connectivity index (χ0n) is 19.9. The number of likely N-dealkylation sites (N-methyl/N-ethyl adjacent to an activating group) is 1. The Kier molecular flexibility index (Phi) is 6.02. The normalized spacial score (nSPS) is 14.6. The van der Waals surface area contributed by atoms with Gasteiger partial charge in [-0.25, -0.2) is 9.67 Å². The number of nitrogens with one attached hydrogen (secondary N) is 1. The first kappa shape index (κ1) is 22.1. The van der Waals surface area contributed by atoms with Crippen molar-refractivity contribution < 1.29 is 4.79 Å². The van der Waals surface area contributed by atoms with Crippen LogP contribution in [0.15, 0.2) is 66.9 Å². The molecule has 7 heteroatoms. The number of piperazine rings is 1. The molecule has 3 heterocycles. The molecule has 0 atom stereocenters. The molecule has 1 saturated heterocycles. The Labute approximate surface area is 200 Å². The summed E-state index contributed by atoms with van der Waals surface area (Å²) < 4.78 is 1.87. The molecular formula is C27H30N6O. The number of anilines is 2. The van der Waals surface area contributed by atoms with Crippen LogP contribution in [0, 0.1) is 0 Å². The van der Waals surface area contributed by atoms with E-state index < -0.39 is 0 Å². The molecule has 7 nitrogen and oxygen atoms in total. The first-order chi connectivity index (χ1) is 16.5. The third kappa shape index (κ3) is 4.26. The number of carbonyl (C=O) groups excluding carboxylic acids is 1. The highest BCUT2D eigenvalue weighted by atomic mass is 16.1. The van der Waals surface area contributed by atoms with Crippen molar-refractivity contribution in [2.24, 2.45) is 0 Å². The van der Waals surface area contributed by atoms with E-state index in [0.29, 0.717) is 11.2 Å². The fraction of sp³-hybridized carbons (Fsp3) is 0.296. The SMILES string of the molecule is CC(C)n1ncc2c(C(=O)Nc3ccccc3N3CCN(C)CC3)cc(-c3ccccc3)nc21. The lowest BCUT2D eigenvalue weighted by molar-refractivity contribution is 0.102. The molecule has 1 amide bonds. The van der Waals surface area contributed by atoms with Gasteiger partial charge in [-0.3, -0.25) is 4.79 Å². The van der Waals surface area contributed by atoms with Gasteiger partial charge in [-0.2, -0.15) is 5.10 Å². The molecule has 2 aromatic carbocycles. The van der Waals surface area contributed by atoms with Gasteiger partial charge in [0.2, 0.25) is 0 Å². The van der Waals surface area contributed by atoms with Gasteiger partial charge in [0, 0.05) is 37.8 Å². The lowest BCUT2D eigenvalue weighted by atomic mass is 10.1. The molecule has 1 aliphatic heterocycles. The summed E-state index contributed by atoms with van der Waals surface area (Å²) in [6.45, 7) is 8.00. The maximum Gasteiger partial charge on any atom is 0.256 e. The summed E-state index contributed by atoms with van der Waals surface area (Å²) in [5.41, 5.74) is 4.88. The fourth-order valence-corrected chi connectivity index (χ4v) is 4.43. The van der Waals surface area contributed by atoms with Gasteiger partial charge in [-0.05, 0) is 39.1 Å². The third-order valence-corrected chi connectivity index (χ3v) is 6.37. The summed E-state index contributed by atoms with van der Waals surface area (Å²) in [5, 5.41) is 8.48. The fourth-order valence-electron chi connectivity index (χ4n) is 4.43. The van der Waals surface area contributed by atoms with Crippen LogP contribution in [0.5, 0.6) is 0 Å². The average molecular weight is 455 g/mol. The van der Waals surface area contributed by atoms with Crippen LogP contribution in [0.25, 0.3) is 22.3 Å². The summed E-state index contributed by atoms with van der Waals surface area (Å²) in [6.07, 6.45) is 1.75. The van der Waals surface area contributed by atoms with E-state index in [1.165, 1.54) is 0 Å². The van der Waals surface area contributed by atoms with Crippen molar-refractivity contribution in [3.8, 4) is 11.3 Å². The molecule has 1 N–H and O–H groups in total. The monoisotopic (exact) mass is 454 g/mol. The number of hydrogen-bond donors (Lipinski definition) is 1. The van der Waals surface area contributed by atoms with Crippen molar-refractivity contribution in [3.05, 3.63) is 72.4 Å². The number of amides is 1. The molecule has 1 fully saturated rings. The van der Waals surface area contributed by atoms with Gasteiger partial charge >= 0.3 is 0 Å². The Morgan fingerprint density at radius 1 is 0.971 bits per heavy atom. The zero-order valence-corrected chi connectivity index (χ0v) is 19.9. The Hall–Kier alpha value is -3.71. The Balaban J connectivity index is 1.54. The minimum absolute atomic E-state index is 0.130. The first-order valence-corrected chi connectivity index (χ1v) is 11.8. The predicted octanol–water partition coefficient (Wildman–Crippen LogP) is 4.68. The topological polar surface area (TPSA) is 66.3 Å². The number of hydrogen-bond acceptors (Lipinski definition) is 5. The van der Waals surface area contributed by atoms with Gasteiger partial charge in [-0.1, -0.05) is 42.5 Å². The number of para-hydroxylation sites is 2. The Morgan fingerprint density at radius 3 is 2.41 bits per heavy atom. The maximum atomic E-state index is 13.7. The van der Waals surface area contributed by atoms with E-state index >= 15 is 0 Å². The molecule has 0 unspecified atom stereocenters. The smallest absolute Gasteiger partial charge is 0.256 e. The molecule has 0 aliphatic carbocycles. The van der Waals surface area contributed by atoms with E-state index in [2.05, 4.69) is 47.2 Å². The van der Waals surface area contributed by atoms with Gasteiger partial charge in [-0.15, -0.1) is 0 Å². The van der Waals surface area contributed by atoms with Crippen LogP contribution >= 0.6 is 0 Å². The average Bonchev–Trinajstić information content (AvgIpc) is 3.29. The highest BCUT2D eigenvalue weighted by Gasteiger charge is 2.21. The van der Waals surface area contributed by atoms with Crippen LogP contribution in [-0.4, -0.2) is 58.8 Å². The summed E-state index contributed by atoms with van der Waals surface area (Å²) in [7, 11) is 2.14. The van der Waals surface area contributed by atoms with Crippen LogP contribution < -0.4 is 10.2 Å².